The summed E-state index contributed by atoms with van der Waals surface area (Å²) in [5.74, 6) is 0. The van der Waals surface area contributed by atoms with Gasteiger partial charge in [0.15, 0.2) is 0 Å². The van der Waals surface area contributed by atoms with Gasteiger partial charge in [-0.25, -0.2) is 0 Å². The van der Waals surface area contributed by atoms with E-state index in [0.717, 1.165) is 6.54 Å². The van der Waals surface area contributed by atoms with Crippen LogP contribution in [0.2, 0.25) is 0 Å². The predicted molar refractivity (Wildman–Crippen MR) is 62.8 cm³/mol. The Morgan fingerprint density at radius 1 is 1.20 bits per heavy atom. The van der Waals surface area contributed by atoms with Crippen molar-refractivity contribution in [3.8, 4) is 0 Å². The van der Waals surface area contributed by atoms with E-state index in [0.29, 0.717) is 17.6 Å². The molecule has 1 saturated heterocycles. The van der Waals surface area contributed by atoms with Crippen LogP contribution in [-0.4, -0.2) is 18.8 Å². The van der Waals surface area contributed by atoms with E-state index < -0.39 is 0 Å². The summed E-state index contributed by atoms with van der Waals surface area (Å²) in [5, 5.41) is 0. The molecule has 0 aromatic rings. The zero-order valence-electron chi connectivity index (χ0n) is 10.0. The molecule has 0 amide bonds. The predicted octanol–water partition coefficient (Wildman–Crippen LogP) is 2.85. The fourth-order valence-corrected chi connectivity index (χ4v) is 3.31. The first-order valence-corrected chi connectivity index (χ1v) is 6.60. The van der Waals surface area contributed by atoms with Gasteiger partial charge in [-0.2, -0.15) is 0 Å². The molecular formula is C13H25NO. The molecule has 0 radical (unpaired) electrons. The lowest BCUT2D eigenvalue weighted by Crippen LogP contribution is -2.36. The molecule has 2 fully saturated rings. The largest absolute Gasteiger partial charge is 0.375 e. The van der Waals surface area contributed by atoms with Gasteiger partial charge in [0.1, 0.15) is 0 Å². The maximum Gasteiger partial charge on any atom is 0.0585 e. The van der Waals surface area contributed by atoms with E-state index in [4.69, 9.17) is 10.5 Å². The summed E-state index contributed by atoms with van der Waals surface area (Å²) >= 11 is 0. The average Bonchev–Trinajstić information content (AvgIpc) is 2.65. The molecule has 2 unspecified atom stereocenters. The van der Waals surface area contributed by atoms with Gasteiger partial charge in [-0.3, -0.25) is 0 Å². The average molecular weight is 211 g/mol. The minimum atomic E-state index is 0.424. The summed E-state index contributed by atoms with van der Waals surface area (Å²) < 4.78 is 5.94. The second-order valence-electron chi connectivity index (χ2n) is 5.61. The summed E-state index contributed by atoms with van der Waals surface area (Å²) in [7, 11) is 0. The molecule has 0 spiro atoms. The molecule has 15 heavy (non-hydrogen) atoms. The molecule has 0 bridgehead atoms. The van der Waals surface area contributed by atoms with E-state index in [2.05, 4.69) is 6.92 Å². The lowest BCUT2D eigenvalue weighted by Gasteiger charge is -2.38. The van der Waals surface area contributed by atoms with E-state index in [1.807, 2.05) is 0 Å². The Hall–Kier alpha value is -0.0800. The Bertz CT molecular complexity index is 199. The first kappa shape index (κ1) is 11.4. The van der Waals surface area contributed by atoms with Crippen molar-refractivity contribution in [2.24, 2.45) is 11.1 Å². The molecule has 2 atom stereocenters. The molecule has 1 aliphatic heterocycles. The molecule has 2 heteroatoms. The molecular weight excluding hydrogens is 186 g/mol. The van der Waals surface area contributed by atoms with Gasteiger partial charge < -0.3 is 10.5 Å². The normalized spacial score (nSPS) is 35.6. The molecule has 88 valence electrons. The van der Waals surface area contributed by atoms with Crippen LogP contribution >= 0.6 is 0 Å². The molecule has 0 aromatic carbocycles. The molecule has 1 aliphatic carbocycles. The summed E-state index contributed by atoms with van der Waals surface area (Å²) in [6.45, 7) is 3.05. The zero-order chi connectivity index (χ0) is 10.7. The smallest absolute Gasteiger partial charge is 0.0585 e. The van der Waals surface area contributed by atoms with E-state index >= 15 is 0 Å². The summed E-state index contributed by atoms with van der Waals surface area (Å²) in [6, 6.07) is 0. The van der Waals surface area contributed by atoms with Gasteiger partial charge in [-0.05, 0) is 51.0 Å². The highest BCUT2D eigenvalue weighted by molar-refractivity contribution is 4.88. The highest BCUT2D eigenvalue weighted by Crippen LogP contribution is 2.41. The maximum atomic E-state index is 6.00. The van der Waals surface area contributed by atoms with Crippen LogP contribution in [0.1, 0.15) is 58.3 Å². The van der Waals surface area contributed by atoms with E-state index in [-0.39, 0.29) is 0 Å². The molecule has 1 heterocycles. The number of hydrogen-bond donors (Lipinski definition) is 1. The van der Waals surface area contributed by atoms with E-state index in [1.165, 1.54) is 51.4 Å². The van der Waals surface area contributed by atoms with Gasteiger partial charge in [-0.1, -0.05) is 19.3 Å². The monoisotopic (exact) mass is 211 g/mol. The molecule has 1 saturated carbocycles. The summed E-state index contributed by atoms with van der Waals surface area (Å²) in [6.07, 6.45) is 11.5. The van der Waals surface area contributed by atoms with Crippen LogP contribution in [0, 0.1) is 5.41 Å². The van der Waals surface area contributed by atoms with Crippen molar-refractivity contribution in [1.29, 1.82) is 0 Å². The summed E-state index contributed by atoms with van der Waals surface area (Å²) in [4.78, 5) is 0. The van der Waals surface area contributed by atoms with Crippen molar-refractivity contribution in [3.05, 3.63) is 0 Å². The second kappa shape index (κ2) is 4.84. The Labute approximate surface area is 93.6 Å². The first-order valence-electron chi connectivity index (χ1n) is 6.60. The fourth-order valence-electron chi connectivity index (χ4n) is 3.31. The highest BCUT2D eigenvalue weighted by Gasteiger charge is 2.35. The van der Waals surface area contributed by atoms with Crippen LogP contribution in [0.15, 0.2) is 0 Å². The highest BCUT2D eigenvalue weighted by atomic mass is 16.5. The minimum Gasteiger partial charge on any atom is -0.375 e. The van der Waals surface area contributed by atoms with Gasteiger partial charge in [0, 0.05) is 0 Å². The SMILES string of the molecule is CC1CCC(CC2(CN)CCCCC2)O1. The minimum absolute atomic E-state index is 0.424. The van der Waals surface area contributed by atoms with E-state index in [1.54, 1.807) is 0 Å². The quantitative estimate of drug-likeness (QED) is 0.779. The van der Waals surface area contributed by atoms with Crippen molar-refractivity contribution in [2.45, 2.75) is 70.5 Å². The van der Waals surface area contributed by atoms with Crippen LogP contribution in [0.3, 0.4) is 0 Å². The Kier molecular flexibility index (Phi) is 3.68. The van der Waals surface area contributed by atoms with Gasteiger partial charge in [0.25, 0.3) is 0 Å². The van der Waals surface area contributed by atoms with Crippen molar-refractivity contribution in [2.75, 3.05) is 6.54 Å². The second-order valence-corrected chi connectivity index (χ2v) is 5.61. The summed E-state index contributed by atoms with van der Waals surface area (Å²) in [5.41, 5.74) is 6.42. The molecule has 2 rings (SSSR count). The number of rotatable bonds is 3. The van der Waals surface area contributed by atoms with Crippen LogP contribution in [0.5, 0.6) is 0 Å². The van der Waals surface area contributed by atoms with Crippen molar-refractivity contribution in [3.63, 3.8) is 0 Å². The Morgan fingerprint density at radius 3 is 2.47 bits per heavy atom. The Balaban J connectivity index is 1.89. The third-order valence-electron chi connectivity index (χ3n) is 4.33. The number of nitrogens with two attached hydrogens (primary N) is 1. The van der Waals surface area contributed by atoms with Gasteiger partial charge in [-0.15, -0.1) is 0 Å². The van der Waals surface area contributed by atoms with Crippen LogP contribution < -0.4 is 5.73 Å². The van der Waals surface area contributed by atoms with Crippen molar-refractivity contribution >= 4 is 0 Å². The zero-order valence-corrected chi connectivity index (χ0v) is 10.0. The lowest BCUT2D eigenvalue weighted by molar-refractivity contribution is 0.0132. The van der Waals surface area contributed by atoms with Crippen molar-refractivity contribution < 1.29 is 4.74 Å². The first-order chi connectivity index (χ1) is 7.24. The van der Waals surface area contributed by atoms with Gasteiger partial charge >= 0.3 is 0 Å². The number of hydrogen-bond acceptors (Lipinski definition) is 2. The topological polar surface area (TPSA) is 35.2 Å². The lowest BCUT2D eigenvalue weighted by atomic mass is 9.70. The maximum absolute atomic E-state index is 6.00. The molecule has 2 N–H and O–H groups in total. The third kappa shape index (κ3) is 2.73. The van der Waals surface area contributed by atoms with Crippen LogP contribution in [0.4, 0.5) is 0 Å². The number of ether oxygens (including phenoxy) is 1. The van der Waals surface area contributed by atoms with E-state index in [9.17, 15) is 0 Å². The molecule has 0 aromatic heterocycles. The third-order valence-corrected chi connectivity index (χ3v) is 4.33. The fraction of sp³-hybridized carbons (Fsp3) is 1.00. The Morgan fingerprint density at radius 2 is 1.93 bits per heavy atom. The van der Waals surface area contributed by atoms with Gasteiger partial charge in [0.2, 0.25) is 0 Å². The molecule has 2 nitrogen and oxygen atoms in total. The van der Waals surface area contributed by atoms with Crippen LogP contribution in [0.25, 0.3) is 0 Å². The molecule has 2 aliphatic rings. The standard InChI is InChI=1S/C13H25NO/c1-11-5-6-12(15-11)9-13(10-14)7-3-2-4-8-13/h11-12H,2-10,14H2,1H3. The van der Waals surface area contributed by atoms with Gasteiger partial charge in [0.05, 0.1) is 12.2 Å². The van der Waals surface area contributed by atoms with Crippen LogP contribution in [-0.2, 0) is 4.74 Å². The van der Waals surface area contributed by atoms with Crippen molar-refractivity contribution in [1.82, 2.24) is 0 Å².